The number of carbonyl (C=O) groups is 1. The molecule has 0 spiro atoms. The zero-order valence-electron chi connectivity index (χ0n) is 20.7. The van der Waals surface area contributed by atoms with Gasteiger partial charge in [0, 0.05) is 24.7 Å². The van der Waals surface area contributed by atoms with Gasteiger partial charge in [0.15, 0.2) is 0 Å². The fourth-order valence-electron chi connectivity index (χ4n) is 4.96. The second kappa shape index (κ2) is 11.6. The van der Waals surface area contributed by atoms with E-state index >= 15 is 8.78 Å². The highest BCUT2D eigenvalue weighted by Gasteiger charge is 2.62. The predicted octanol–water partition coefficient (Wildman–Crippen LogP) is 3.85. The Balaban J connectivity index is 2.24. The van der Waals surface area contributed by atoms with Crippen molar-refractivity contribution in [3.05, 3.63) is 63.4 Å². The van der Waals surface area contributed by atoms with Crippen LogP contribution in [0.1, 0.15) is 50.8 Å². The zero-order chi connectivity index (χ0) is 27.5. The predicted molar refractivity (Wildman–Crippen MR) is 136 cm³/mol. The maximum absolute atomic E-state index is 15.5. The Hall–Kier alpha value is -2.35. The third-order valence-electron chi connectivity index (χ3n) is 6.54. The van der Waals surface area contributed by atoms with Crippen molar-refractivity contribution < 1.29 is 23.8 Å². The molecule has 1 saturated heterocycles. The molecule has 37 heavy (non-hydrogen) atoms. The number of pyridine rings is 1. The van der Waals surface area contributed by atoms with Crippen LogP contribution >= 0.6 is 23.2 Å². The standard InChI is InChI=1S/C26H30Cl2F2N4O3/c1-25(2,3)10-19-26(13-31,23-18(29)9-14(27)11-33-23)20(16-5-4-6-17(28)21(16)30)22(34-19)24(37)32-8-7-15(36)12-35/h4-6,9,11,15,19-20,22,34-36H,7-8,10,12H2,1-3H3,(H,32,37)/t15-,19-,20-,22+,26-/m0/s1. The van der Waals surface area contributed by atoms with Crippen molar-refractivity contribution in [1.29, 1.82) is 5.26 Å². The lowest BCUT2D eigenvalue weighted by atomic mass is 9.64. The molecule has 2 aromatic rings. The number of amides is 1. The quantitative estimate of drug-likeness (QED) is 0.393. The third-order valence-corrected chi connectivity index (χ3v) is 7.04. The normalized spacial score (nSPS) is 24.5. The van der Waals surface area contributed by atoms with E-state index in [1.54, 1.807) is 0 Å². The Morgan fingerprint density at radius 2 is 2.05 bits per heavy atom. The monoisotopic (exact) mass is 554 g/mol. The molecule has 1 amide bonds. The molecule has 1 aromatic heterocycles. The molecule has 0 unspecified atom stereocenters. The van der Waals surface area contributed by atoms with E-state index in [0.717, 1.165) is 6.07 Å². The number of benzene rings is 1. The van der Waals surface area contributed by atoms with Gasteiger partial charge in [-0.3, -0.25) is 9.78 Å². The SMILES string of the molecule is CC(C)(C)C[C@@H]1N[C@@H](C(=O)NCC[C@H](O)CO)[C@H](c2cccc(Cl)c2F)[C@@]1(C#N)c1ncc(Cl)cc1F. The van der Waals surface area contributed by atoms with Crippen LogP contribution < -0.4 is 10.6 Å². The molecule has 1 fully saturated rings. The Bertz CT molecular complexity index is 1190. The number of aliphatic hydroxyl groups is 2. The average molecular weight is 555 g/mol. The Kier molecular flexibility index (Phi) is 9.14. The van der Waals surface area contributed by atoms with Crippen LogP contribution in [-0.4, -0.2) is 52.4 Å². The molecule has 0 saturated carbocycles. The van der Waals surface area contributed by atoms with E-state index in [9.17, 15) is 15.2 Å². The number of nitriles is 1. The van der Waals surface area contributed by atoms with Crippen molar-refractivity contribution in [2.24, 2.45) is 5.41 Å². The van der Waals surface area contributed by atoms with Crippen LogP contribution in [0.5, 0.6) is 0 Å². The zero-order valence-corrected chi connectivity index (χ0v) is 22.2. The summed E-state index contributed by atoms with van der Waals surface area (Å²) in [6.07, 6.45) is 0.572. The maximum atomic E-state index is 15.5. The van der Waals surface area contributed by atoms with Crippen molar-refractivity contribution in [3.8, 4) is 6.07 Å². The summed E-state index contributed by atoms with van der Waals surface area (Å²) in [5.41, 5.74) is -2.49. The first kappa shape index (κ1) is 29.2. The second-order valence-electron chi connectivity index (χ2n) is 10.5. The van der Waals surface area contributed by atoms with E-state index in [-0.39, 0.29) is 39.7 Å². The van der Waals surface area contributed by atoms with Crippen LogP contribution in [0.15, 0.2) is 30.5 Å². The molecule has 1 aliphatic rings. The molecular formula is C26H30Cl2F2N4O3. The minimum Gasteiger partial charge on any atom is -0.394 e. The van der Waals surface area contributed by atoms with Gasteiger partial charge in [-0.2, -0.15) is 5.26 Å². The third kappa shape index (κ3) is 6.05. The lowest BCUT2D eigenvalue weighted by Crippen LogP contribution is -2.46. The summed E-state index contributed by atoms with van der Waals surface area (Å²) in [6, 6.07) is 5.52. The van der Waals surface area contributed by atoms with Gasteiger partial charge in [-0.1, -0.05) is 56.1 Å². The summed E-state index contributed by atoms with van der Waals surface area (Å²) in [4.78, 5) is 17.6. The minimum atomic E-state index is -1.82. The van der Waals surface area contributed by atoms with Gasteiger partial charge in [-0.05, 0) is 36.0 Å². The van der Waals surface area contributed by atoms with E-state index in [2.05, 4.69) is 21.7 Å². The van der Waals surface area contributed by atoms with Gasteiger partial charge in [0.2, 0.25) is 5.91 Å². The van der Waals surface area contributed by atoms with Gasteiger partial charge in [-0.25, -0.2) is 8.78 Å². The second-order valence-corrected chi connectivity index (χ2v) is 11.3. The average Bonchev–Trinajstić information content (AvgIpc) is 3.13. The summed E-state index contributed by atoms with van der Waals surface area (Å²) in [6.45, 7) is 5.34. The molecule has 1 aromatic carbocycles. The first-order valence-corrected chi connectivity index (χ1v) is 12.6. The fourth-order valence-corrected chi connectivity index (χ4v) is 5.29. The van der Waals surface area contributed by atoms with E-state index < -0.39 is 53.7 Å². The molecule has 0 bridgehead atoms. The first-order valence-electron chi connectivity index (χ1n) is 11.8. The van der Waals surface area contributed by atoms with Crippen molar-refractivity contribution in [2.45, 2.75) is 63.1 Å². The van der Waals surface area contributed by atoms with E-state index in [1.807, 2.05) is 20.8 Å². The van der Waals surface area contributed by atoms with Crippen molar-refractivity contribution in [2.75, 3.05) is 13.2 Å². The Morgan fingerprint density at radius 3 is 2.65 bits per heavy atom. The number of hydrogen-bond donors (Lipinski definition) is 4. The van der Waals surface area contributed by atoms with Crippen LogP contribution in [0, 0.1) is 28.4 Å². The van der Waals surface area contributed by atoms with E-state index in [1.165, 1.54) is 24.4 Å². The smallest absolute Gasteiger partial charge is 0.237 e. The molecule has 200 valence electrons. The summed E-state index contributed by atoms with van der Waals surface area (Å²) < 4.78 is 31.0. The van der Waals surface area contributed by atoms with Gasteiger partial charge >= 0.3 is 0 Å². The Morgan fingerprint density at radius 1 is 1.35 bits per heavy atom. The van der Waals surface area contributed by atoms with Crippen molar-refractivity contribution in [3.63, 3.8) is 0 Å². The summed E-state index contributed by atoms with van der Waals surface area (Å²) >= 11 is 12.0. The minimum absolute atomic E-state index is 0.0144. The van der Waals surface area contributed by atoms with Gasteiger partial charge in [0.25, 0.3) is 0 Å². The molecule has 5 atom stereocenters. The number of carbonyl (C=O) groups excluding carboxylic acids is 1. The highest BCUT2D eigenvalue weighted by atomic mass is 35.5. The fraction of sp³-hybridized carbons (Fsp3) is 0.500. The topological polar surface area (TPSA) is 118 Å². The lowest BCUT2D eigenvalue weighted by Gasteiger charge is -2.36. The molecular weight excluding hydrogens is 525 g/mol. The number of rotatable bonds is 8. The van der Waals surface area contributed by atoms with Gasteiger partial charge in [-0.15, -0.1) is 0 Å². The number of hydrogen-bond acceptors (Lipinski definition) is 6. The Labute approximate surface area is 224 Å². The van der Waals surface area contributed by atoms with Crippen LogP contribution in [0.3, 0.4) is 0 Å². The molecule has 2 heterocycles. The molecule has 4 N–H and O–H groups in total. The van der Waals surface area contributed by atoms with Crippen LogP contribution in [-0.2, 0) is 10.2 Å². The van der Waals surface area contributed by atoms with Crippen LogP contribution in [0.4, 0.5) is 8.78 Å². The van der Waals surface area contributed by atoms with Gasteiger partial charge in [0.1, 0.15) is 17.0 Å². The maximum Gasteiger partial charge on any atom is 0.237 e. The van der Waals surface area contributed by atoms with Crippen molar-refractivity contribution in [1.82, 2.24) is 15.6 Å². The summed E-state index contributed by atoms with van der Waals surface area (Å²) in [5.74, 6) is -3.49. The number of nitrogens with zero attached hydrogens (tertiary/aromatic N) is 2. The molecule has 1 aliphatic heterocycles. The van der Waals surface area contributed by atoms with E-state index in [0.29, 0.717) is 6.42 Å². The summed E-state index contributed by atoms with van der Waals surface area (Å²) in [5, 5.41) is 35.1. The van der Waals surface area contributed by atoms with Gasteiger partial charge in [0.05, 0.1) is 40.6 Å². The highest BCUT2D eigenvalue weighted by molar-refractivity contribution is 6.31. The molecule has 7 nitrogen and oxygen atoms in total. The summed E-state index contributed by atoms with van der Waals surface area (Å²) in [7, 11) is 0. The highest BCUT2D eigenvalue weighted by Crippen LogP contribution is 2.52. The van der Waals surface area contributed by atoms with Gasteiger partial charge < -0.3 is 20.8 Å². The molecule has 11 heteroatoms. The number of aliphatic hydroxyl groups excluding tert-OH is 2. The molecule has 3 rings (SSSR count). The molecule has 0 aliphatic carbocycles. The van der Waals surface area contributed by atoms with Crippen LogP contribution in [0.25, 0.3) is 0 Å². The molecule has 0 radical (unpaired) electrons. The van der Waals surface area contributed by atoms with Crippen molar-refractivity contribution >= 4 is 29.1 Å². The number of nitrogens with one attached hydrogen (secondary N) is 2. The number of halogens is 4. The number of aromatic nitrogens is 1. The first-order chi connectivity index (χ1) is 17.4. The van der Waals surface area contributed by atoms with E-state index in [4.69, 9.17) is 28.3 Å². The van der Waals surface area contributed by atoms with Crippen LogP contribution in [0.2, 0.25) is 10.0 Å². The largest absolute Gasteiger partial charge is 0.394 e. The lowest BCUT2D eigenvalue weighted by molar-refractivity contribution is -0.123.